The van der Waals surface area contributed by atoms with E-state index in [4.69, 9.17) is 4.74 Å². The summed E-state index contributed by atoms with van der Waals surface area (Å²) in [5, 5.41) is 2.87. The van der Waals surface area contributed by atoms with Crippen LogP contribution in [0.25, 0.3) is 0 Å². The molecule has 1 atom stereocenters. The third kappa shape index (κ3) is 5.63. The van der Waals surface area contributed by atoms with Crippen molar-refractivity contribution in [1.82, 2.24) is 0 Å². The molecule has 0 aliphatic carbocycles. The number of amides is 1. The van der Waals surface area contributed by atoms with Gasteiger partial charge in [-0.15, -0.1) is 0 Å². The third-order valence-electron chi connectivity index (χ3n) is 4.47. The zero-order valence-corrected chi connectivity index (χ0v) is 15.9. The van der Waals surface area contributed by atoms with E-state index in [1.54, 1.807) is 0 Å². The summed E-state index contributed by atoms with van der Waals surface area (Å²) in [6.07, 6.45) is 1.10. The summed E-state index contributed by atoms with van der Waals surface area (Å²) in [6, 6.07) is 15.9. The molecule has 3 nitrogen and oxygen atoms in total. The fraction of sp³-hybridized carbons (Fsp3) is 0.409. The first kappa shape index (κ1) is 19.0. The highest BCUT2D eigenvalue weighted by molar-refractivity contribution is 5.91. The fourth-order valence-electron chi connectivity index (χ4n) is 2.53. The molecule has 1 N–H and O–H groups in total. The number of hydrogen-bond donors (Lipinski definition) is 1. The Bertz CT molecular complexity index is 681. The molecular weight excluding hydrogens is 310 g/mol. The van der Waals surface area contributed by atoms with Crippen LogP contribution in [-0.2, 0) is 10.2 Å². The molecule has 1 amide bonds. The zero-order valence-electron chi connectivity index (χ0n) is 15.9. The van der Waals surface area contributed by atoms with E-state index in [0.717, 1.165) is 12.1 Å². The Balaban J connectivity index is 1.86. The predicted molar refractivity (Wildman–Crippen MR) is 104 cm³/mol. The Morgan fingerprint density at radius 1 is 1.04 bits per heavy atom. The van der Waals surface area contributed by atoms with Crippen molar-refractivity contribution in [3.05, 3.63) is 59.7 Å². The predicted octanol–water partition coefficient (Wildman–Crippen LogP) is 5.52. The van der Waals surface area contributed by atoms with Crippen LogP contribution in [0.3, 0.4) is 0 Å². The van der Waals surface area contributed by atoms with Crippen LogP contribution in [0.4, 0.5) is 5.69 Å². The maximum Gasteiger partial charge on any atom is 0.262 e. The lowest BCUT2D eigenvalue weighted by Gasteiger charge is -2.19. The number of nitrogens with one attached hydrogen (secondary N) is 1. The normalized spacial score (nSPS) is 12.5. The van der Waals surface area contributed by atoms with Crippen molar-refractivity contribution in [3.63, 3.8) is 0 Å². The van der Waals surface area contributed by atoms with Crippen LogP contribution < -0.4 is 10.1 Å². The van der Waals surface area contributed by atoms with Gasteiger partial charge in [0.25, 0.3) is 5.91 Å². The van der Waals surface area contributed by atoms with E-state index in [-0.39, 0.29) is 17.9 Å². The summed E-state index contributed by atoms with van der Waals surface area (Å²) in [4.78, 5) is 12.1. The van der Waals surface area contributed by atoms with Crippen molar-refractivity contribution in [2.45, 2.75) is 52.4 Å². The second kappa shape index (κ2) is 8.19. The molecular formula is C22H29NO2. The number of carbonyl (C=O) groups excluding carboxylic acids is 1. The number of ether oxygens (including phenoxy) is 1. The van der Waals surface area contributed by atoms with Crippen LogP contribution in [0.1, 0.15) is 58.1 Å². The van der Waals surface area contributed by atoms with Crippen LogP contribution >= 0.6 is 0 Å². The fourth-order valence-corrected chi connectivity index (χ4v) is 2.53. The van der Waals surface area contributed by atoms with Crippen LogP contribution in [0, 0.1) is 0 Å². The number of carbonyl (C=O) groups is 1. The lowest BCUT2D eigenvalue weighted by atomic mass is 9.87. The van der Waals surface area contributed by atoms with Gasteiger partial charge in [0, 0.05) is 5.69 Å². The average molecular weight is 339 g/mol. The minimum atomic E-state index is -0.156. The highest BCUT2D eigenvalue weighted by Gasteiger charge is 2.13. The minimum Gasteiger partial charge on any atom is -0.484 e. The van der Waals surface area contributed by atoms with Crippen molar-refractivity contribution >= 4 is 11.6 Å². The van der Waals surface area contributed by atoms with Gasteiger partial charge in [0.2, 0.25) is 0 Å². The number of anilines is 1. The van der Waals surface area contributed by atoms with Crippen molar-refractivity contribution in [2.24, 2.45) is 0 Å². The number of benzene rings is 2. The molecule has 134 valence electrons. The van der Waals surface area contributed by atoms with E-state index in [1.165, 1.54) is 11.1 Å². The Morgan fingerprint density at radius 3 is 2.16 bits per heavy atom. The summed E-state index contributed by atoms with van der Waals surface area (Å²) in [5.74, 6) is 1.08. The summed E-state index contributed by atoms with van der Waals surface area (Å²) >= 11 is 0. The van der Waals surface area contributed by atoms with Crippen LogP contribution in [0.5, 0.6) is 5.75 Å². The van der Waals surface area contributed by atoms with Gasteiger partial charge in [0.05, 0.1) is 0 Å². The maximum atomic E-state index is 12.1. The highest BCUT2D eigenvalue weighted by atomic mass is 16.5. The summed E-state index contributed by atoms with van der Waals surface area (Å²) in [7, 11) is 0. The second-order valence-corrected chi connectivity index (χ2v) is 7.54. The van der Waals surface area contributed by atoms with Gasteiger partial charge in [-0.1, -0.05) is 58.9 Å². The van der Waals surface area contributed by atoms with Crippen LogP contribution in [0.2, 0.25) is 0 Å². The molecule has 2 rings (SSSR count). The topological polar surface area (TPSA) is 38.3 Å². The van der Waals surface area contributed by atoms with E-state index in [9.17, 15) is 4.79 Å². The lowest BCUT2D eigenvalue weighted by molar-refractivity contribution is -0.118. The molecule has 0 bridgehead atoms. The molecule has 0 aromatic heterocycles. The summed E-state index contributed by atoms with van der Waals surface area (Å²) in [6.45, 7) is 10.9. The van der Waals surface area contributed by atoms with Gasteiger partial charge in [-0.25, -0.2) is 0 Å². The second-order valence-electron chi connectivity index (χ2n) is 7.54. The quantitative estimate of drug-likeness (QED) is 0.753. The molecule has 25 heavy (non-hydrogen) atoms. The summed E-state index contributed by atoms with van der Waals surface area (Å²) < 4.78 is 5.57. The molecule has 0 aliphatic rings. The Morgan fingerprint density at radius 2 is 1.64 bits per heavy atom. The Labute approximate surface area is 151 Å². The molecule has 0 saturated heterocycles. The van der Waals surface area contributed by atoms with Crippen molar-refractivity contribution < 1.29 is 9.53 Å². The standard InChI is InChI=1S/C22H29NO2/c1-6-16(2)17-7-11-19(12-8-17)23-21(24)15-25-20-13-9-18(10-14-20)22(3,4)5/h7-14,16H,6,15H2,1-5H3,(H,23,24)/t16-/m0/s1. The van der Waals surface area contributed by atoms with Crippen molar-refractivity contribution in [3.8, 4) is 5.75 Å². The summed E-state index contributed by atoms with van der Waals surface area (Å²) in [5.41, 5.74) is 3.43. The molecule has 3 heteroatoms. The maximum absolute atomic E-state index is 12.1. The first-order chi connectivity index (χ1) is 11.8. The molecule has 0 saturated carbocycles. The SMILES string of the molecule is CC[C@H](C)c1ccc(NC(=O)COc2ccc(C(C)(C)C)cc2)cc1. The molecule has 2 aromatic carbocycles. The zero-order chi connectivity index (χ0) is 18.4. The molecule has 2 aromatic rings. The van der Waals surface area contributed by atoms with Crippen LogP contribution in [-0.4, -0.2) is 12.5 Å². The van der Waals surface area contributed by atoms with E-state index in [2.05, 4.69) is 52.1 Å². The molecule has 0 fully saturated rings. The largest absolute Gasteiger partial charge is 0.484 e. The average Bonchev–Trinajstić information content (AvgIpc) is 2.59. The van der Waals surface area contributed by atoms with E-state index >= 15 is 0 Å². The first-order valence-electron chi connectivity index (χ1n) is 8.92. The lowest BCUT2D eigenvalue weighted by Crippen LogP contribution is -2.20. The van der Waals surface area contributed by atoms with Crippen molar-refractivity contribution in [1.29, 1.82) is 0 Å². The smallest absolute Gasteiger partial charge is 0.262 e. The molecule has 0 unspecified atom stereocenters. The Hall–Kier alpha value is -2.29. The van der Waals surface area contributed by atoms with E-state index in [1.807, 2.05) is 36.4 Å². The molecule has 0 aliphatic heterocycles. The highest BCUT2D eigenvalue weighted by Crippen LogP contribution is 2.24. The van der Waals surface area contributed by atoms with Gasteiger partial charge in [-0.3, -0.25) is 4.79 Å². The van der Waals surface area contributed by atoms with E-state index in [0.29, 0.717) is 11.7 Å². The Kier molecular flexibility index (Phi) is 6.24. The molecule has 0 spiro atoms. The first-order valence-corrected chi connectivity index (χ1v) is 8.92. The van der Waals surface area contributed by atoms with Gasteiger partial charge >= 0.3 is 0 Å². The van der Waals surface area contributed by atoms with Crippen LogP contribution in [0.15, 0.2) is 48.5 Å². The van der Waals surface area contributed by atoms with Gasteiger partial charge in [-0.2, -0.15) is 0 Å². The van der Waals surface area contributed by atoms with Gasteiger partial charge in [0.15, 0.2) is 6.61 Å². The number of rotatable bonds is 6. The van der Waals surface area contributed by atoms with Gasteiger partial charge < -0.3 is 10.1 Å². The van der Waals surface area contributed by atoms with Gasteiger partial charge in [-0.05, 0) is 53.1 Å². The monoisotopic (exact) mass is 339 g/mol. The molecule has 0 radical (unpaired) electrons. The van der Waals surface area contributed by atoms with Gasteiger partial charge in [0.1, 0.15) is 5.75 Å². The van der Waals surface area contributed by atoms with Crippen molar-refractivity contribution in [2.75, 3.05) is 11.9 Å². The third-order valence-corrected chi connectivity index (χ3v) is 4.47. The van der Waals surface area contributed by atoms with E-state index < -0.39 is 0 Å². The minimum absolute atomic E-state index is 0.00196. The number of hydrogen-bond acceptors (Lipinski definition) is 2. The molecule has 0 heterocycles.